The van der Waals surface area contributed by atoms with Crippen LogP contribution in [-0.4, -0.2) is 34.1 Å². The third-order valence-electron chi connectivity index (χ3n) is 6.04. The highest BCUT2D eigenvalue weighted by atomic mass is 16.5. The highest BCUT2D eigenvalue weighted by Gasteiger charge is 2.23. The molecular formula is C26H29N3O3. The van der Waals surface area contributed by atoms with E-state index in [2.05, 4.69) is 39.1 Å². The number of aromatic carboxylic acids is 1. The lowest BCUT2D eigenvalue weighted by Crippen LogP contribution is -2.35. The van der Waals surface area contributed by atoms with Gasteiger partial charge in [0.1, 0.15) is 17.9 Å². The summed E-state index contributed by atoms with van der Waals surface area (Å²) in [6.45, 7) is 5.82. The zero-order valence-corrected chi connectivity index (χ0v) is 18.6. The van der Waals surface area contributed by atoms with E-state index in [1.54, 1.807) is 0 Å². The minimum atomic E-state index is -1.04. The van der Waals surface area contributed by atoms with Crippen molar-refractivity contribution in [1.82, 2.24) is 9.97 Å². The fourth-order valence-corrected chi connectivity index (χ4v) is 4.24. The number of rotatable bonds is 7. The third-order valence-corrected chi connectivity index (χ3v) is 6.04. The summed E-state index contributed by atoms with van der Waals surface area (Å²) >= 11 is 0. The number of carboxylic acid groups (broad SMARTS) is 1. The molecule has 3 aromatic rings. The van der Waals surface area contributed by atoms with Crippen molar-refractivity contribution in [2.75, 3.05) is 18.0 Å². The highest BCUT2D eigenvalue weighted by Crippen LogP contribution is 2.25. The standard InChI is InChI=1S/C26H29N3O3/c1-18-8-9-24(19(2)14-18)32-17-23-22(25(30)31)16-27-26(28-23)29-12-10-21(11-13-29)15-20-6-4-3-5-7-20/h3-9,14,16,21H,10-13,15,17H2,1-2H3,(H,30,31). The molecule has 0 saturated carbocycles. The molecule has 0 atom stereocenters. The molecule has 1 aliphatic heterocycles. The molecule has 32 heavy (non-hydrogen) atoms. The number of carbonyl (C=O) groups is 1. The van der Waals surface area contributed by atoms with Crippen LogP contribution in [0.1, 0.15) is 45.6 Å². The molecule has 0 unspecified atom stereocenters. The number of carboxylic acids is 1. The second kappa shape index (κ2) is 9.81. The Balaban J connectivity index is 1.44. The zero-order valence-electron chi connectivity index (χ0n) is 18.6. The average Bonchev–Trinajstić information content (AvgIpc) is 2.79. The van der Waals surface area contributed by atoms with Crippen LogP contribution in [0.25, 0.3) is 0 Å². The maximum absolute atomic E-state index is 11.7. The van der Waals surface area contributed by atoms with Gasteiger partial charge in [-0.05, 0) is 56.2 Å². The lowest BCUT2D eigenvalue weighted by Gasteiger charge is -2.32. The van der Waals surface area contributed by atoms with Gasteiger partial charge >= 0.3 is 5.97 Å². The van der Waals surface area contributed by atoms with Gasteiger partial charge in [0.05, 0.1) is 5.69 Å². The van der Waals surface area contributed by atoms with Crippen molar-refractivity contribution in [3.63, 3.8) is 0 Å². The van der Waals surface area contributed by atoms with Crippen LogP contribution >= 0.6 is 0 Å². The summed E-state index contributed by atoms with van der Waals surface area (Å²) in [5.74, 6) is 0.901. The smallest absolute Gasteiger partial charge is 0.339 e. The summed E-state index contributed by atoms with van der Waals surface area (Å²) in [5.41, 5.74) is 4.02. The summed E-state index contributed by atoms with van der Waals surface area (Å²) in [5, 5.41) is 9.58. The maximum atomic E-state index is 11.7. The average molecular weight is 432 g/mol. The molecule has 6 nitrogen and oxygen atoms in total. The minimum Gasteiger partial charge on any atom is -0.487 e. The number of anilines is 1. The van der Waals surface area contributed by atoms with Crippen LogP contribution in [0.5, 0.6) is 5.75 Å². The fraction of sp³-hybridized carbons (Fsp3) is 0.346. The van der Waals surface area contributed by atoms with Gasteiger partial charge in [0, 0.05) is 19.3 Å². The van der Waals surface area contributed by atoms with Gasteiger partial charge in [0.25, 0.3) is 0 Å². The molecular weight excluding hydrogens is 402 g/mol. The molecule has 2 aromatic carbocycles. The van der Waals surface area contributed by atoms with Crippen molar-refractivity contribution in [3.05, 3.63) is 82.7 Å². The number of piperidine rings is 1. The van der Waals surface area contributed by atoms with Crippen LogP contribution in [0.15, 0.2) is 54.7 Å². The van der Waals surface area contributed by atoms with Crippen molar-refractivity contribution in [3.8, 4) is 5.75 Å². The SMILES string of the molecule is Cc1ccc(OCc2nc(N3CCC(Cc4ccccc4)CC3)ncc2C(=O)O)c(C)c1. The van der Waals surface area contributed by atoms with Crippen molar-refractivity contribution in [2.24, 2.45) is 5.92 Å². The number of ether oxygens (including phenoxy) is 1. The second-order valence-corrected chi connectivity index (χ2v) is 8.51. The topological polar surface area (TPSA) is 75.5 Å². The number of hydrogen-bond donors (Lipinski definition) is 1. The molecule has 4 rings (SSSR count). The van der Waals surface area contributed by atoms with Crippen molar-refractivity contribution in [2.45, 2.75) is 39.7 Å². The molecule has 1 saturated heterocycles. The summed E-state index contributed by atoms with van der Waals surface area (Å²) < 4.78 is 5.92. The van der Waals surface area contributed by atoms with E-state index in [1.165, 1.54) is 11.8 Å². The Labute approximate surface area is 188 Å². The molecule has 0 bridgehead atoms. The normalized spacial score (nSPS) is 14.4. The number of benzene rings is 2. The molecule has 1 fully saturated rings. The van der Waals surface area contributed by atoms with Gasteiger partial charge in [-0.2, -0.15) is 0 Å². The lowest BCUT2D eigenvalue weighted by molar-refractivity contribution is 0.0692. The van der Waals surface area contributed by atoms with E-state index >= 15 is 0 Å². The van der Waals surface area contributed by atoms with E-state index in [0.29, 0.717) is 17.6 Å². The van der Waals surface area contributed by atoms with Crippen LogP contribution in [0.3, 0.4) is 0 Å². The first kappa shape index (κ1) is 21.8. The van der Waals surface area contributed by atoms with Crippen molar-refractivity contribution < 1.29 is 14.6 Å². The number of hydrogen-bond acceptors (Lipinski definition) is 5. The van der Waals surface area contributed by atoms with Gasteiger partial charge in [-0.15, -0.1) is 0 Å². The van der Waals surface area contributed by atoms with E-state index < -0.39 is 5.97 Å². The Morgan fingerprint density at radius 3 is 2.56 bits per heavy atom. The molecule has 0 spiro atoms. The van der Waals surface area contributed by atoms with E-state index in [1.807, 2.05) is 38.1 Å². The first-order valence-electron chi connectivity index (χ1n) is 11.1. The van der Waals surface area contributed by atoms with Gasteiger partial charge in [0.15, 0.2) is 0 Å². The molecule has 1 aliphatic rings. The second-order valence-electron chi connectivity index (χ2n) is 8.51. The predicted octanol–water partition coefficient (Wildman–Crippen LogP) is 4.83. The lowest BCUT2D eigenvalue weighted by atomic mass is 9.90. The van der Waals surface area contributed by atoms with Crippen LogP contribution < -0.4 is 9.64 Å². The van der Waals surface area contributed by atoms with E-state index in [0.717, 1.165) is 49.2 Å². The summed E-state index contributed by atoms with van der Waals surface area (Å²) in [7, 11) is 0. The summed E-state index contributed by atoms with van der Waals surface area (Å²) in [6.07, 6.45) is 4.62. The van der Waals surface area contributed by atoms with Gasteiger partial charge < -0.3 is 14.7 Å². The monoisotopic (exact) mass is 431 g/mol. The Hall–Kier alpha value is -3.41. The number of nitrogens with zero attached hydrogens (tertiary/aromatic N) is 3. The third kappa shape index (κ3) is 5.25. The van der Waals surface area contributed by atoms with Crippen LogP contribution in [0.2, 0.25) is 0 Å². The quantitative estimate of drug-likeness (QED) is 0.577. The zero-order chi connectivity index (χ0) is 22.5. The summed E-state index contributed by atoms with van der Waals surface area (Å²) in [4.78, 5) is 22.8. The molecule has 0 amide bonds. The van der Waals surface area contributed by atoms with Crippen LogP contribution in [-0.2, 0) is 13.0 Å². The molecule has 166 valence electrons. The highest BCUT2D eigenvalue weighted by molar-refractivity contribution is 5.88. The number of aryl methyl sites for hydroxylation is 2. The Morgan fingerprint density at radius 2 is 1.88 bits per heavy atom. The molecule has 0 aliphatic carbocycles. The fourth-order valence-electron chi connectivity index (χ4n) is 4.24. The first-order valence-corrected chi connectivity index (χ1v) is 11.1. The molecule has 1 N–H and O–H groups in total. The van der Waals surface area contributed by atoms with Crippen molar-refractivity contribution in [1.29, 1.82) is 0 Å². The van der Waals surface area contributed by atoms with Gasteiger partial charge in [0.2, 0.25) is 5.95 Å². The molecule has 2 heterocycles. The minimum absolute atomic E-state index is 0.0810. The predicted molar refractivity (Wildman–Crippen MR) is 124 cm³/mol. The van der Waals surface area contributed by atoms with Crippen molar-refractivity contribution >= 4 is 11.9 Å². The Kier molecular flexibility index (Phi) is 6.69. The molecule has 6 heteroatoms. The Bertz CT molecular complexity index is 1080. The van der Waals surface area contributed by atoms with E-state index in [-0.39, 0.29) is 12.2 Å². The van der Waals surface area contributed by atoms with Gasteiger partial charge in [-0.25, -0.2) is 14.8 Å². The van der Waals surface area contributed by atoms with E-state index in [9.17, 15) is 9.90 Å². The maximum Gasteiger partial charge on any atom is 0.339 e. The summed E-state index contributed by atoms with van der Waals surface area (Å²) in [6, 6.07) is 16.5. The largest absolute Gasteiger partial charge is 0.487 e. The Morgan fingerprint density at radius 1 is 1.12 bits per heavy atom. The van der Waals surface area contributed by atoms with Gasteiger partial charge in [-0.3, -0.25) is 0 Å². The van der Waals surface area contributed by atoms with E-state index in [4.69, 9.17) is 4.74 Å². The molecule has 0 radical (unpaired) electrons. The van der Waals surface area contributed by atoms with Gasteiger partial charge in [-0.1, -0.05) is 48.0 Å². The first-order chi connectivity index (χ1) is 15.5. The van der Waals surface area contributed by atoms with Crippen LogP contribution in [0.4, 0.5) is 5.95 Å². The molecule has 1 aromatic heterocycles. The van der Waals surface area contributed by atoms with Crippen LogP contribution in [0, 0.1) is 19.8 Å². The number of aromatic nitrogens is 2.